The van der Waals surface area contributed by atoms with E-state index in [-0.39, 0.29) is 23.2 Å². The molecule has 0 aliphatic carbocycles. The third kappa shape index (κ3) is 3.75. The van der Waals surface area contributed by atoms with Crippen LogP contribution in [0.1, 0.15) is 22.3 Å². The highest BCUT2D eigenvalue weighted by atomic mass is 19.1. The predicted molar refractivity (Wildman–Crippen MR) is 70.1 cm³/mol. The Bertz CT molecular complexity index is 574. The monoisotopic (exact) mass is 282 g/mol. The largest absolute Gasteiger partial charge is 0.370 e. The van der Waals surface area contributed by atoms with E-state index in [2.05, 4.69) is 5.32 Å². The molecule has 8 heteroatoms. The van der Waals surface area contributed by atoms with Crippen molar-refractivity contribution in [3.8, 4) is 0 Å². The number of halogens is 1. The Morgan fingerprint density at radius 2 is 1.90 bits per heavy atom. The number of benzene rings is 1. The topological polar surface area (TPSA) is 141 Å². The summed E-state index contributed by atoms with van der Waals surface area (Å²) in [6.07, 6.45) is -0.344. The second-order valence-electron chi connectivity index (χ2n) is 4.26. The van der Waals surface area contributed by atoms with Crippen molar-refractivity contribution >= 4 is 23.4 Å². The molecule has 3 amide bonds. The molecule has 7 N–H and O–H groups in total. The lowest BCUT2D eigenvalue weighted by atomic mass is 10.1. The van der Waals surface area contributed by atoms with Gasteiger partial charge in [-0.15, -0.1) is 0 Å². The van der Waals surface area contributed by atoms with E-state index in [4.69, 9.17) is 17.2 Å². The molecule has 0 aliphatic heterocycles. The maximum atomic E-state index is 13.6. The van der Waals surface area contributed by atoms with Crippen molar-refractivity contribution in [3.63, 3.8) is 0 Å². The van der Waals surface area contributed by atoms with E-state index in [0.717, 1.165) is 6.07 Å². The van der Waals surface area contributed by atoms with Crippen LogP contribution in [0.3, 0.4) is 0 Å². The van der Waals surface area contributed by atoms with Crippen LogP contribution in [0.2, 0.25) is 0 Å². The van der Waals surface area contributed by atoms with E-state index in [9.17, 15) is 18.8 Å². The first-order chi connectivity index (χ1) is 9.22. The summed E-state index contributed by atoms with van der Waals surface area (Å²) in [5, 5.41) is 2.33. The standard InChI is InChI=1S/C12H15FN4O3/c1-5-7(13)2-6(11(16)19)3-9(5)17-12(20)8(14)4-10(15)18/h2-3,8H,4,14H2,1H3,(H2,15,18)(H2,16,19)(H,17,20). The zero-order valence-electron chi connectivity index (χ0n) is 10.8. The normalized spacial score (nSPS) is 11.8. The van der Waals surface area contributed by atoms with Gasteiger partial charge in [-0.05, 0) is 19.1 Å². The minimum atomic E-state index is -1.16. The van der Waals surface area contributed by atoms with Crippen molar-refractivity contribution in [1.29, 1.82) is 0 Å². The van der Waals surface area contributed by atoms with Crippen LogP contribution in [0.4, 0.5) is 10.1 Å². The van der Waals surface area contributed by atoms with Crippen LogP contribution in [0.15, 0.2) is 12.1 Å². The van der Waals surface area contributed by atoms with Gasteiger partial charge in [0.2, 0.25) is 17.7 Å². The molecule has 0 saturated carbocycles. The molecule has 0 aliphatic rings. The van der Waals surface area contributed by atoms with Gasteiger partial charge in [-0.1, -0.05) is 0 Å². The van der Waals surface area contributed by atoms with Crippen molar-refractivity contribution in [2.75, 3.05) is 5.32 Å². The highest BCUT2D eigenvalue weighted by Crippen LogP contribution is 2.20. The Hall–Kier alpha value is -2.48. The number of carbonyl (C=O) groups is 3. The van der Waals surface area contributed by atoms with Crippen molar-refractivity contribution < 1.29 is 18.8 Å². The van der Waals surface area contributed by atoms with Gasteiger partial charge >= 0.3 is 0 Å². The smallest absolute Gasteiger partial charge is 0.248 e. The molecule has 1 atom stereocenters. The van der Waals surface area contributed by atoms with E-state index in [0.29, 0.717) is 0 Å². The Morgan fingerprint density at radius 1 is 1.30 bits per heavy atom. The molecule has 0 heterocycles. The molecule has 0 saturated heterocycles. The molecule has 0 fully saturated rings. The highest BCUT2D eigenvalue weighted by Gasteiger charge is 2.18. The Morgan fingerprint density at radius 3 is 2.40 bits per heavy atom. The summed E-state index contributed by atoms with van der Waals surface area (Å²) in [5.41, 5.74) is 15.5. The fourth-order valence-corrected chi connectivity index (χ4v) is 1.49. The summed E-state index contributed by atoms with van der Waals surface area (Å²) in [4.78, 5) is 33.4. The molecule has 0 bridgehead atoms. The van der Waals surface area contributed by atoms with Gasteiger partial charge in [-0.25, -0.2) is 4.39 Å². The van der Waals surface area contributed by atoms with Gasteiger partial charge in [0.25, 0.3) is 0 Å². The first-order valence-electron chi connectivity index (χ1n) is 5.67. The van der Waals surface area contributed by atoms with E-state index >= 15 is 0 Å². The SMILES string of the molecule is Cc1c(F)cc(C(N)=O)cc1NC(=O)C(N)CC(N)=O. The third-order valence-electron chi connectivity index (χ3n) is 2.64. The molecule has 20 heavy (non-hydrogen) atoms. The molecule has 1 unspecified atom stereocenters. The zero-order chi connectivity index (χ0) is 15.4. The average molecular weight is 282 g/mol. The van der Waals surface area contributed by atoms with E-state index < -0.39 is 29.6 Å². The van der Waals surface area contributed by atoms with Gasteiger partial charge in [0.05, 0.1) is 12.5 Å². The van der Waals surface area contributed by atoms with Gasteiger partial charge in [0.1, 0.15) is 5.82 Å². The van der Waals surface area contributed by atoms with Crippen molar-refractivity contribution in [2.45, 2.75) is 19.4 Å². The molecule has 1 aromatic carbocycles. The number of rotatable bonds is 5. The Kier molecular flexibility index (Phi) is 4.76. The molecular formula is C12H15FN4O3. The van der Waals surface area contributed by atoms with Crippen LogP contribution in [-0.4, -0.2) is 23.8 Å². The average Bonchev–Trinajstić information content (AvgIpc) is 2.33. The van der Waals surface area contributed by atoms with E-state index in [1.807, 2.05) is 0 Å². The van der Waals surface area contributed by atoms with Gasteiger partial charge in [0.15, 0.2) is 0 Å². The van der Waals surface area contributed by atoms with Gasteiger partial charge in [-0.2, -0.15) is 0 Å². The highest BCUT2D eigenvalue weighted by molar-refractivity contribution is 5.99. The summed E-state index contributed by atoms with van der Waals surface area (Å²) in [6.45, 7) is 1.41. The number of carbonyl (C=O) groups excluding carboxylic acids is 3. The molecule has 7 nitrogen and oxygen atoms in total. The van der Waals surface area contributed by atoms with Gasteiger partial charge < -0.3 is 22.5 Å². The number of anilines is 1. The van der Waals surface area contributed by atoms with Crippen LogP contribution in [0.5, 0.6) is 0 Å². The van der Waals surface area contributed by atoms with Crippen LogP contribution >= 0.6 is 0 Å². The molecule has 0 spiro atoms. The third-order valence-corrected chi connectivity index (χ3v) is 2.64. The molecular weight excluding hydrogens is 267 g/mol. The maximum absolute atomic E-state index is 13.6. The van der Waals surface area contributed by atoms with Crippen LogP contribution in [-0.2, 0) is 9.59 Å². The summed E-state index contributed by atoms with van der Waals surface area (Å²) in [7, 11) is 0. The minimum absolute atomic E-state index is 0.0590. The molecule has 1 rings (SSSR count). The van der Waals surface area contributed by atoms with Crippen molar-refractivity contribution in [2.24, 2.45) is 17.2 Å². The summed E-state index contributed by atoms with van der Waals surface area (Å²) < 4.78 is 13.6. The minimum Gasteiger partial charge on any atom is -0.370 e. The second kappa shape index (κ2) is 6.11. The van der Waals surface area contributed by atoms with Crippen LogP contribution < -0.4 is 22.5 Å². The maximum Gasteiger partial charge on any atom is 0.248 e. The fraction of sp³-hybridized carbons (Fsp3) is 0.250. The number of amides is 3. The molecule has 0 aromatic heterocycles. The van der Waals surface area contributed by atoms with Crippen LogP contribution in [0.25, 0.3) is 0 Å². The van der Waals surface area contributed by atoms with Crippen molar-refractivity contribution in [3.05, 3.63) is 29.1 Å². The zero-order valence-corrected chi connectivity index (χ0v) is 10.8. The molecule has 1 aromatic rings. The lowest BCUT2D eigenvalue weighted by Crippen LogP contribution is -2.39. The molecule has 0 radical (unpaired) electrons. The van der Waals surface area contributed by atoms with Gasteiger partial charge in [-0.3, -0.25) is 14.4 Å². The second-order valence-corrected chi connectivity index (χ2v) is 4.26. The predicted octanol–water partition coefficient (Wildman–Crippen LogP) is -0.626. The number of hydrogen-bond acceptors (Lipinski definition) is 4. The first kappa shape index (κ1) is 15.6. The molecule has 108 valence electrons. The summed E-state index contributed by atoms with van der Waals surface area (Å²) >= 11 is 0. The van der Waals surface area contributed by atoms with E-state index in [1.165, 1.54) is 13.0 Å². The number of nitrogens with one attached hydrogen (secondary N) is 1. The Balaban J connectivity index is 2.99. The van der Waals surface area contributed by atoms with Gasteiger partial charge in [0, 0.05) is 16.8 Å². The lowest BCUT2D eigenvalue weighted by molar-refractivity contribution is -0.123. The quantitative estimate of drug-likeness (QED) is 0.570. The lowest BCUT2D eigenvalue weighted by Gasteiger charge is -2.13. The van der Waals surface area contributed by atoms with Crippen LogP contribution in [0, 0.1) is 12.7 Å². The van der Waals surface area contributed by atoms with Crippen molar-refractivity contribution in [1.82, 2.24) is 0 Å². The Labute approximate surface area is 114 Å². The number of nitrogens with two attached hydrogens (primary N) is 3. The fourth-order valence-electron chi connectivity index (χ4n) is 1.49. The number of hydrogen-bond donors (Lipinski definition) is 4. The van der Waals surface area contributed by atoms with E-state index in [1.54, 1.807) is 0 Å². The summed E-state index contributed by atoms with van der Waals surface area (Å²) in [6, 6.07) is 1.04. The summed E-state index contributed by atoms with van der Waals surface area (Å²) in [5.74, 6) is -2.98. The number of primary amides is 2. The first-order valence-corrected chi connectivity index (χ1v) is 5.67.